The van der Waals surface area contributed by atoms with Gasteiger partial charge in [0.05, 0.1) is 0 Å². The van der Waals surface area contributed by atoms with Crippen LogP contribution in [-0.4, -0.2) is 0 Å². The molecule has 0 saturated carbocycles. The molecule has 0 heterocycles. The number of hydrogen-bond donors (Lipinski definition) is 0. The van der Waals surface area contributed by atoms with Gasteiger partial charge in [0.1, 0.15) is 0 Å². The first kappa shape index (κ1) is 15.3. The molecule has 0 atom stereocenters. The van der Waals surface area contributed by atoms with Crippen LogP contribution >= 0.6 is 0 Å². The standard InChI is InChI=1S/C9H13.2ClH.Ti/c1-9(2,3)8-6-4-5-7-8;;;/h4,6H,5H2,1-3H3;2*1H;/q;;;+2/p-2. The Kier molecular flexibility index (Phi) is 6.98. The van der Waals surface area contributed by atoms with E-state index in [0.29, 0.717) is 5.41 Å². The Hall–Kier alpha value is 0.774. The minimum absolute atomic E-state index is 0. The third-order valence-corrected chi connectivity index (χ3v) is 2.48. The molecule has 1 aliphatic rings. The summed E-state index contributed by atoms with van der Waals surface area (Å²) in [5, 5.41) is 0. The summed E-state index contributed by atoms with van der Waals surface area (Å²) in [6.45, 7) is 6.80. The van der Waals surface area contributed by atoms with Gasteiger partial charge in [0.25, 0.3) is 0 Å². The summed E-state index contributed by atoms with van der Waals surface area (Å²) in [6.07, 6.45) is 5.66. The first-order valence-electron chi connectivity index (χ1n) is 3.63. The van der Waals surface area contributed by atoms with Crippen molar-refractivity contribution in [2.45, 2.75) is 27.2 Å². The Morgan fingerprint density at radius 2 is 1.75 bits per heavy atom. The molecule has 0 nitrogen and oxygen atoms in total. The van der Waals surface area contributed by atoms with Crippen LogP contribution in [0.25, 0.3) is 0 Å². The van der Waals surface area contributed by atoms with Gasteiger partial charge in [-0.2, -0.15) is 0 Å². The second kappa shape index (κ2) is 5.49. The molecular formula is C9H13Cl2Ti. The average Bonchev–Trinajstić information content (AvgIpc) is 2.11. The van der Waals surface area contributed by atoms with Crippen molar-refractivity contribution in [1.29, 1.82) is 0 Å². The van der Waals surface area contributed by atoms with Crippen molar-refractivity contribution in [3.05, 3.63) is 21.6 Å². The maximum atomic E-state index is 2.27. The van der Waals surface area contributed by atoms with Gasteiger partial charge in [0.15, 0.2) is 0 Å². The van der Waals surface area contributed by atoms with E-state index in [1.807, 2.05) is 0 Å². The second-order valence-corrected chi connectivity index (χ2v) is 4.69. The molecule has 12 heavy (non-hydrogen) atoms. The SMILES string of the molecule is CC(C)(C)C1=[C]([Ti+2])CC=C1.[Cl-].[Cl-]. The van der Waals surface area contributed by atoms with Crippen molar-refractivity contribution >= 4 is 0 Å². The molecule has 0 unspecified atom stereocenters. The third-order valence-electron chi connectivity index (χ3n) is 1.74. The van der Waals surface area contributed by atoms with E-state index in [1.165, 1.54) is 9.45 Å². The van der Waals surface area contributed by atoms with E-state index in [-0.39, 0.29) is 24.8 Å². The van der Waals surface area contributed by atoms with Crippen molar-refractivity contribution < 1.29 is 45.2 Å². The Morgan fingerprint density at radius 1 is 1.25 bits per heavy atom. The van der Waals surface area contributed by atoms with E-state index in [2.05, 4.69) is 53.4 Å². The fourth-order valence-corrected chi connectivity index (χ4v) is 2.11. The van der Waals surface area contributed by atoms with Gasteiger partial charge in [-0.05, 0) is 0 Å². The van der Waals surface area contributed by atoms with E-state index in [1.54, 1.807) is 0 Å². The average molecular weight is 240 g/mol. The minimum Gasteiger partial charge on any atom is -1.00 e. The molecule has 0 aromatic rings. The maximum absolute atomic E-state index is 2.27. The number of allylic oxidation sites excluding steroid dienone is 4. The molecule has 0 fully saturated rings. The fraction of sp³-hybridized carbons (Fsp3) is 0.556. The minimum atomic E-state index is 0. The van der Waals surface area contributed by atoms with Gasteiger partial charge in [0, 0.05) is 0 Å². The van der Waals surface area contributed by atoms with Gasteiger partial charge in [-0.15, -0.1) is 0 Å². The topological polar surface area (TPSA) is 0 Å². The van der Waals surface area contributed by atoms with Crippen LogP contribution in [0.1, 0.15) is 27.2 Å². The number of rotatable bonds is 0. The van der Waals surface area contributed by atoms with Crippen molar-refractivity contribution in [2.75, 3.05) is 0 Å². The summed E-state index contributed by atoms with van der Waals surface area (Å²) in [7, 11) is 0. The summed E-state index contributed by atoms with van der Waals surface area (Å²) in [5.74, 6) is 0. The van der Waals surface area contributed by atoms with E-state index >= 15 is 0 Å². The molecule has 3 heteroatoms. The van der Waals surface area contributed by atoms with E-state index in [9.17, 15) is 0 Å². The van der Waals surface area contributed by atoms with Crippen LogP contribution in [0.3, 0.4) is 0 Å². The Labute approximate surface area is 99.1 Å². The smallest absolute Gasteiger partial charge is 1.00 e. The maximum Gasteiger partial charge on any atom is -1.00 e. The van der Waals surface area contributed by atoms with Crippen molar-refractivity contribution in [2.24, 2.45) is 5.41 Å². The summed E-state index contributed by atoms with van der Waals surface area (Å²) in [5.41, 5.74) is 1.87. The number of halogens is 2. The van der Waals surface area contributed by atoms with Gasteiger partial charge < -0.3 is 24.8 Å². The molecule has 0 saturated heterocycles. The van der Waals surface area contributed by atoms with E-state index < -0.39 is 0 Å². The first-order chi connectivity index (χ1) is 4.52. The van der Waals surface area contributed by atoms with Crippen LogP contribution in [0.2, 0.25) is 0 Å². The zero-order chi connectivity index (χ0) is 7.78. The van der Waals surface area contributed by atoms with E-state index in [4.69, 9.17) is 0 Å². The van der Waals surface area contributed by atoms with Crippen LogP contribution in [0.4, 0.5) is 0 Å². The van der Waals surface area contributed by atoms with Crippen LogP contribution < -0.4 is 24.8 Å². The van der Waals surface area contributed by atoms with Gasteiger partial charge >= 0.3 is 74.6 Å². The zero-order valence-electron chi connectivity index (χ0n) is 7.62. The largest absolute Gasteiger partial charge is 1.00 e. The molecule has 1 rings (SSSR count). The van der Waals surface area contributed by atoms with E-state index in [0.717, 1.165) is 6.42 Å². The summed E-state index contributed by atoms with van der Waals surface area (Å²) in [6, 6.07) is 0. The molecule has 0 bridgehead atoms. The normalized spacial score (nSPS) is 15.8. The Bertz CT molecular complexity index is 199. The van der Waals surface area contributed by atoms with Crippen LogP contribution in [0.15, 0.2) is 21.6 Å². The van der Waals surface area contributed by atoms with Crippen LogP contribution in [0.5, 0.6) is 0 Å². The fourth-order valence-electron chi connectivity index (χ4n) is 1.21. The second-order valence-electron chi connectivity index (χ2n) is 3.75. The molecule has 0 amide bonds. The van der Waals surface area contributed by atoms with Crippen molar-refractivity contribution in [1.82, 2.24) is 0 Å². The number of hydrogen-bond acceptors (Lipinski definition) is 0. The van der Waals surface area contributed by atoms with Crippen molar-refractivity contribution in [3.8, 4) is 0 Å². The third kappa shape index (κ3) is 3.66. The van der Waals surface area contributed by atoms with Crippen molar-refractivity contribution in [3.63, 3.8) is 0 Å². The quantitative estimate of drug-likeness (QED) is 0.391. The predicted octanol–water partition coefficient (Wildman–Crippen LogP) is -3.20. The molecule has 0 radical (unpaired) electrons. The Morgan fingerprint density at radius 3 is 1.92 bits per heavy atom. The Balaban J connectivity index is 0. The molecule has 0 aliphatic heterocycles. The van der Waals surface area contributed by atoms with Gasteiger partial charge in [-0.3, -0.25) is 0 Å². The molecule has 0 aromatic carbocycles. The monoisotopic (exact) mass is 239 g/mol. The molecule has 0 aromatic heterocycles. The summed E-state index contributed by atoms with van der Waals surface area (Å²) >= 11 is 2.22. The van der Waals surface area contributed by atoms with Crippen LogP contribution in [-0.2, 0) is 20.4 Å². The zero-order valence-corrected chi connectivity index (χ0v) is 10.7. The molecule has 67 valence electrons. The summed E-state index contributed by atoms with van der Waals surface area (Å²) < 4.78 is 1.53. The first-order valence-corrected chi connectivity index (χ1v) is 4.41. The predicted molar refractivity (Wildman–Crippen MR) is 40.2 cm³/mol. The van der Waals surface area contributed by atoms with Gasteiger partial charge in [-0.25, -0.2) is 0 Å². The summed E-state index contributed by atoms with van der Waals surface area (Å²) in [4.78, 5) is 0. The molecule has 0 N–H and O–H groups in total. The van der Waals surface area contributed by atoms with Gasteiger partial charge in [0.2, 0.25) is 0 Å². The molecule has 0 spiro atoms. The van der Waals surface area contributed by atoms with Crippen LogP contribution in [0, 0.1) is 5.41 Å². The van der Waals surface area contributed by atoms with Gasteiger partial charge in [-0.1, -0.05) is 0 Å². The molecular weight excluding hydrogens is 227 g/mol. The molecule has 1 aliphatic carbocycles.